The number of amides is 1. The van der Waals surface area contributed by atoms with Gasteiger partial charge in [-0.3, -0.25) is 9.59 Å². The van der Waals surface area contributed by atoms with Crippen LogP contribution in [0.2, 0.25) is 0 Å². The lowest BCUT2D eigenvalue weighted by atomic mass is 9.86. The van der Waals surface area contributed by atoms with Crippen LogP contribution in [0.3, 0.4) is 0 Å². The molecule has 2 atom stereocenters. The van der Waals surface area contributed by atoms with E-state index in [0.29, 0.717) is 11.0 Å². The van der Waals surface area contributed by atoms with Crippen LogP contribution >= 0.6 is 0 Å². The van der Waals surface area contributed by atoms with E-state index in [4.69, 9.17) is 9.15 Å². The quantitative estimate of drug-likeness (QED) is 0.595. The number of rotatable bonds is 7. The summed E-state index contributed by atoms with van der Waals surface area (Å²) in [5.41, 5.74) is 1.64. The molecule has 1 heterocycles. The minimum absolute atomic E-state index is 0.00708. The molecule has 29 heavy (non-hydrogen) atoms. The maximum absolute atomic E-state index is 12.7. The Labute approximate surface area is 169 Å². The number of anilines is 1. The van der Waals surface area contributed by atoms with Crippen molar-refractivity contribution < 1.29 is 18.7 Å². The van der Waals surface area contributed by atoms with Crippen molar-refractivity contribution in [1.29, 1.82) is 5.26 Å². The van der Waals surface area contributed by atoms with Gasteiger partial charge < -0.3 is 14.5 Å². The van der Waals surface area contributed by atoms with Crippen LogP contribution < -0.4 is 5.32 Å². The number of esters is 1. The van der Waals surface area contributed by atoms with Gasteiger partial charge in [-0.25, -0.2) is 0 Å². The second kappa shape index (κ2) is 9.07. The molecule has 0 fully saturated rings. The molecule has 0 bridgehead atoms. The molecule has 6 heteroatoms. The number of nitrogens with one attached hydrogen (secondary N) is 1. The Bertz CT molecular complexity index is 1050. The van der Waals surface area contributed by atoms with Gasteiger partial charge in [0.25, 0.3) is 5.91 Å². The molecule has 1 amide bonds. The molecule has 0 spiro atoms. The Morgan fingerprint density at radius 3 is 2.52 bits per heavy atom. The standard InChI is InChI=1S/C23H22N2O4/c1-3-15(2)21(16-9-5-4-6-10-16)23(27)28-14-20(26)25-22-17-11-7-8-12-18(17)29-19(22)13-24/h4-12,15,21H,3,14H2,1-2H3,(H,25,26). The molecular formula is C23H22N2O4. The largest absolute Gasteiger partial charge is 0.455 e. The highest BCUT2D eigenvalue weighted by atomic mass is 16.5. The Kier molecular flexibility index (Phi) is 6.30. The number of ether oxygens (including phenoxy) is 1. The third kappa shape index (κ3) is 4.46. The first-order valence-electron chi connectivity index (χ1n) is 9.48. The van der Waals surface area contributed by atoms with Crippen molar-refractivity contribution in [2.45, 2.75) is 26.2 Å². The molecule has 148 valence electrons. The van der Waals surface area contributed by atoms with Crippen molar-refractivity contribution in [1.82, 2.24) is 0 Å². The average Bonchev–Trinajstić information content (AvgIpc) is 3.10. The Morgan fingerprint density at radius 1 is 1.14 bits per heavy atom. The topological polar surface area (TPSA) is 92.3 Å². The van der Waals surface area contributed by atoms with Crippen LogP contribution in [-0.2, 0) is 14.3 Å². The summed E-state index contributed by atoms with van der Waals surface area (Å²) in [6, 6.07) is 18.3. The summed E-state index contributed by atoms with van der Waals surface area (Å²) in [6.07, 6.45) is 0.799. The molecule has 1 aromatic heterocycles. The van der Waals surface area contributed by atoms with Crippen molar-refractivity contribution in [2.24, 2.45) is 5.92 Å². The summed E-state index contributed by atoms with van der Waals surface area (Å²) in [6.45, 7) is 3.55. The van der Waals surface area contributed by atoms with Gasteiger partial charge in [-0.2, -0.15) is 5.26 Å². The summed E-state index contributed by atoms with van der Waals surface area (Å²) >= 11 is 0. The smallest absolute Gasteiger partial charge is 0.314 e. The highest BCUT2D eigenvalue weighted by Gasteiger charge is 2.28. The van der Waals surface area contributed by atoms with Gasteiger partial charge >= 0.3 is 5.97 Å². The monoisotopic (exact) mass is 390 g/mol. The zero-order valence-electron chi connectivity index (χ0n) is 16.3. The molecule has 0 saturated carbocycles. The Morgan fingerprint density at radius 2 is 1.83 bits per heavy atom. The number of hydrogen-bond acceptors (Lipinski definition) is 5. The van der Waals surface area contributed by atoms with E-state index >= 15 is 0 Å². The molecule has 3 aromatic rings. The molecule has 0 saturated heterocycles. The first-order valence-corrected chi connectivity index (χ1v) is 9.48. The van der Waals surface area contributed by atoms with Gasteiger partial charge in [0.15, 0.2) is 6.61 Å². The van der Waals surface area contributed by atoms with E-state index in [2.05, 4.69) is 5.32 Å². The van der Waals surface area contributed by atoms with Crippen LogP contribution in [0.25, 0.3) is 11.0 Å². The minimum Gasteiger partial charge on any atom is -0.455 e. The zero-order chi connectivity index (χ0) is 20.8. The summed E-state index contributed by atoms with van der Waals surface area (Å²) in [5.74, 6) is -1.35. The van der Waals surface area contributed by atoms with Crippen molar-refractivity contribution in [2.75, 3.05) is 11.9 Å². The molecule has 2 unspecified atom stereocenters. The predicted octanol–water partition coefficient (Wildman–Crippen LogP) is 4.62. The van der Waals surface area contributed by atoms with Crippen molar-refractivity contribution in [3.8, 4) is 6.07 Å². The molecule has 3 rings (SSSR count). The van der Waals surface area contributed by atoms with E-state index in [1.807, 2.05) is 50.2 Å². The van der Waals surface area contributed by atoms with Crippen molar-refractivity contribution >= 4 is 28.5 Å². The number of hydrogen-bond donors (Lipinski definition) is 1. The summed E-state index contributed by atoms with van der Waals surface area (Å²) in [4.78, 5) is 25.1. The minimum atomic E-state index is -0.530. The number of nitriles is 1. The number of nitrogens with zero attached hydrogens (tertiary/aromatic N) is 1. The van der Waals surface area contributed by atoms with Crippen LogP contribution in [0.15, 0.2) is 59.0 Å². The van der Waals surface area contributed by atoms with Crippen LogP contribution in [0, 0.1) is 17.2 Å². The first kappa shape index (κ1) is 20.2. The highest BCUT2D eigenvalue weighted by Crippen LogP contribution is 2.31. The molecule has 0 aliphatic rings. The molecule has 1 N–H and O–H groups in total. The predicted molar refractivity (Wildman–Crippen MR) is 109 cm³/mol. The van der Waals surface area contributed by atoms with Gasteiger partial charge in [-0.05, 0) is 23.6 Å². The van der Waals surface area contributed by atoms with Gasteiger partial charge in [-0.1, -0.05) is 62.7 Å². The number of fused-ring (bicyclic) bond motifs is 1. The third-order valence-corrected chi connectivity index (χ3v) is 4.93. The molecule has 0 radical (unpaired) electrons. The lowest BCUT2D eigenvalue weighted by molar-refractivity contribution is -0.150. The molecule has 2 aromatic carbocycles. The molecule has 0 aliphatic carbocycles. The van der Waals surface area contributed by atoms with Gasteiger partial charge in [0, 0.05) is 5.39 Å². The second-order valence-corrected chi connectivity index (χ2v) is 6.84. The van der Waals surface area contributed by atoms with Gasteiger partial charge in [-0.15, -0.1) is 0 Å². The zero-order valence-corrected chi connectivity index (χ0v) is 16.3. The summed E-state index contributed by atoms with van der Waals surface area (Å²) in [7, 11) is 0. The lowest BCUT2D eigenvalue weighted by Crippen LogP contribution is -2.27. The van der Waals surface area contributed by atoms with Crippen LogP contribution in [0.1, 0.15) is 37.5 Å². The van der Waals surface area contributed by atoms with E-state index in [0.717, 1.165) is 12.0 Å². The maximum Gasteiger partial charge on any atom is 0.314 e. The SMILES string of the molecule is CCC(C)C(C(=O)OCC(=O)Nc1c(C#N)oc2ccccc12)c1ccccc1. The fourth-order valence-corrected chi connectivity index (χ4v) is 3.24. The highest BCUT2D eigenvalue weighted by molar-refractivity contribution is 6.03. The Balaban J connectivity index is 1.70. The molecular weight excluding hydrogens is 368 g/mol. The normalized spacial score (nSPS) is 12.7. The maximum atomic E-state index is 12.7. The van der Waals surface area contributed by atoms with Crippen molar-refractivity contribution in [3.05, 3.63) is 65.9 Å². The summed E-state index contributed by atoms with van der Waals surface area (Å²) in [5, 5.41) is 12.5. The van der Waals surface area contributed by atoms with Crippen LogP contribution in [0.4, 0.5) is 5.69 Å². The molecule has 6 nitrogen and oxygen atoms in total. The van der Waals surface area contributed by atoms with Crippen LogP contribution in [0.5, 0.6) is 0 Å². The summed E-state index contributed by atoms with van der Waals surface area (Å²) < 4.78 is 10.7. The van der Waals surface area contributed by atoms with Gasteiger partial charge in [0.2, 0.25) is 5.76 Å². The lowest BCUT2D eigenvalue weighted by Gasteiger charge is -2.21. The number of carbonyl (C=O) groups is 2. The van der Waals surface area contributed by atoms with E-state index in [-0.39, 0.29) is 17.4 Å². The number of furan rings is 1. The van der Waals surface area contributed by atoms with E-state index < -0.39 is 24.4 Å². The fourth-order valence-electron chi connectivity index (χ4n) is 3.24. The molecule has 0 aliphatic heterocycles. The first-order chi connectivity index (χ1) is 14.0. The van der Waals surface area contributed by atoms with E-state index in [1.54, 1.807) is 24.3 Å². The van der Waals surface area contributed by atoms with E-state index in [9.17, 15) is 14.9 Å². The second-order valence-electron chi connectivity index (χ2n) is 6.84. The number of carbonyl (C=O) groups excluding carboxylic acids is 2. The van der Waals surface area contributed by atoms with E-state index in [1.165, 1.54) is 0 Å². The third-order valence-electron chi connectivity index (χ3n) is 4.93. The average molecular weight is 390 g/mol. The number of benzene rings is 2. The van der Waals surface area contributed by atoms with Crippen LogP contribution in [-0.4, -0.2) is 18.5 Å². The van der Waals surface area contributed by atoms with Crippen molar-refractivity contribution in [3.63, 3.8) is 0 Å². The Hall–Kier alpha value is -3.59. The van der Waals surface area contributed by atoms with Gasteiger partial charge in [0.1, 0.15) is 17.3 Å². The number of para-hydroxylation sites is 1. The van der Waals surface area contributed by atoms with Gasteiger partial charge in [0.05, 0.1) is 5.92 Å². The fraction of sp³-hybridized carbons (Fsp3) is 0.261.